The maximum atomic E-state index is 12.6. The molecule has 0 radical (unpaired) electrons. The number of hydrogen-bond donors (Lipinski definition) is 1. The Kier molecular flexibility index (Phi) is 6.69. The van der Waals surface area contributed by atoms with Crippen molar-refractivity contribution in [3.63, 3.8) is 0 Å². The van der Waals surface area contributed by atoms with E-state index in [4.69, 9.17) is 9.47 Å². The first-order valence-corrected chi connectivity index (χ1v) is 8.76. The third-order valence-corrected chi connectivity index (χ3v) is 3.83. The standard InChI is InChI=1S/C21H26N2O4/c1-21(2,3)27-20(25)15-11-17(23-18(12-15)19(24)22-4)16(13-26-5)14-9-7-6-8-10-14/h6-12,16H,13H2,1-5H3,(H,22,24). The van der Waals surface area contributed by atoms with Gasteiger partial charge in [0.15, 0.2) is 0 Å². The number of pyridine rings is 1. The fourth-order valence-electron chi connectivity index (χ4n) is 2.63. The molecule has 0 aliphatic carbocycles. The van der Waals surface area contributed by atoms with Gasteiger partial charge in [0, 0.05) is 20.1 Å². The van der Waals surface area contributed by atoms with Crippen LogP contribution in [-0.4, -0.2) is 43.2 Å². The number of methoxy groups -OCH3 is 1. The summed E-state index contributed by atoms with van der Waals surface area (Å²) >= 11 is 0. The van der Waals surface area contributed by atoms with Crippen molar-refractivity contribution in [2.45, 2.75) is 32.3 Å². The maximum Gasteiger partial charge on any atom is 0.338 e. The van der Waals surface area contributed by atoms with Crippen LogP contribution in [0.4, 0.5) is 0 Å². The number of hydrogen-bond acceptors (Lipinski definition) is 5. The van der Waals surface area contributed by atoms with Crippen molar-refractivity contribution < 1.29 is 19.1 Å². The lowest BCUT2D eigenvalue weighted by molar-refractivity contribution is 0.00691. The minimum absolute atomic E-state index is 0.160. The fourth-order valence-corrected chi connectivity index (χ4v) is 2.63. The number of aromatic nitrogens is 1. The Balaban J connectivity index is 2.54. The highest BCUT2D eigenvalue weighted by Gasteiger charge is 2.23. The molecular weight excluding hydrogens is 344 g/mol. The zero-order valence-corrected chi connectivity index (χ0v) is 16.4. The third-order valence-electron chi connectivity index (χ3n) is 3.83. The lowest BCUT2D eigenvalue weighted by Crippen LogP contribution is -2.26. The van der Waals surface area contributed by atoms with Crippen molar-refractivity contribution in [1.82, 2.24) is 10.3 Å². The van der Waals surface area contributed by atoms with Gasteiger partial charge < -0.3 is 14.8 Å². The van der Waals surface area contributed by atoms with Crippen molar-refractivity contribution in [3.05, 3.63) is 65.0 Å². The average Bonchev–Trinajstić information content (AvgIpc) is 2.64. The number of benzene rings is 1. The second kappa shape index (κ2) is 8.77. The Hall–Kier alpha value is -2.73. The molecular formula is C21H26N2O4. The largest absolute Gasteiger partial charge is 0.456 e. The van der Waals surface area contributed by atoms with Gasteiger partial charge in [-0.1, -0.05) is 30.3 Å². The molecule has 0 saturated carbocycles. The number of amides is 1. The van der Waals surface area contributed by atoms with E-state index in [0.29, 0.717) is 12.3 Å². The van der Waals surface area contributed by atoms with Crippen LogP contribution >= 0.6 is 0 Å². The first-order valence-electron chi connectivity index (χ1n) is 8.76. The monoisotopic (exact) mass is 370 g/mol. The summed E-state index contributed by atoms with van der Waals surface area (Å²) in [6, 6.07) is 12.8. The Morgan fingerprint density at radius 2 is 1.81 bits per heavy atom. The zero-order valence-electron chi connectivity index (χ0n) is 16.4. The molecule has 1 aromatic heterocycles. The number of carbonyl (C=O) groups excluding carboxylic acids is 2. The molecule has 0 saturated heterocycles. The highest BCUT2D eigenvalue weighted by Crippen LogP contribution is 2.25. The first kappa shape index (κ1) is 20.6. The summed E-state index contributed by atoms with van der Waals surface area (Å²) in [4.78, 5) is 29.2. The summed E-state index contributed by atoms with van der Waals surface area (Å²) < 4.78 is 10.8. The first-order chi connectivity index (χ1) is 12.7. The predicted molar refractivity (Wildman–Crippen MR) is 103 cm³/mol. The van der Waals surface area contributed by atoms with E-state index in [-0.39, 0.29) is 23.1 Å². The lowest BCUT2D eigenvalue weighted by atomic mass is 9.94. The smallest absolute Gasteiger partial charge is 0.338 e. The minimum atomic E-state index is -0.640. The molecule has 6 heteroatoms. The summed E-state index contributed by atoms with van der Waals surface area (Å²) in [5, 5.41) is 2.55. The van der Waals surface area contributed by atoms with Crippen LogP contribution in [0.2, 0.25) is 0 Å². The fraction of sp³-hybridized carbons (Fsp3) is 0.381. The quantitative estimate of drug-likeness (QED) is 0.790. The van der Waals surface area contributed by atoms with E-state index in [2.05, 4.69) is 10.3 Å². The van der Waals surface area contributed by atoms with Crippen molar-refractivity contribution in [3.8, 4) is 0 Å². The molecule has 144 valence electrons. The predicted octanol–water partition coefficient (Wildman–Crippen LogP) is 3.17. The van der Waals surface area contributed by atoms with Crippen LogP contribution in [0.1, 0.15) is 58.8 Å². The molecule has 0 fully saturated rings. The summed E-state index contributed by atoms with van der Waals surface area (Å²) in [6.07, 6.45) is 0. The van der Waals surface area contributed by atoms with Crippen LogP contribution in [0.15, 0.2) is 42.5 Å². The molecule has 6 nitrogen and oxygen atoms in total. The van der Waals surface area contributed by atoms with Crippen molar-refractivity contribution >= 4 is 11.9 Å². The van der Waals surface area contributed by atoms with Gasteiger partial charge in [0.25, 0.3) is 5.91 Å². The molecule has 0 spiro atoms. The highest BCUT2D eigenvalue weighted by molar-refractivity contribution is 5.96. The molecule has 0 aliphatic heterocycles. The van der Waals surface area contributed by atoms with E-state index < -0.39 is 11.6 Å². The van der Waals surface area contributed by atoms with Gasteiger partial charge in [-0.2, -0.15) is 0 Å². The molecule has 2 aromatic rings. The SMILES string of the molecule is CNC(=O)c1cc(C(=O)OC(C)(C)C)cc(C(COC)c2ccccc2)n1. The van der Waals surface area contributed by atoms with Gasteiger partial charge in [-0.15, -0.1) is 0 Å². The second-order valence-corrected chi connectivity index (χ2v) is 7.17. The van der Waals surface area contributed by atoms with Gasteiger partial charge in [-0.25, -0.2) is 9.78 Å². The third kappa shape index (κ3) is 5.62. The van der Waals surface area contributed by atoms with Crippen LogP contribution in [0, 0.1) is 0 Å². The molecule has 1 atom stereocenters. The summed E-state index contributed by atoms with van der Waals surface area (Å²) in [5.41, 5.74) is 1.36. The van der Waals surface area contributed by atoms with Crippen molar-refractivity contribution in [2.24, 2.45) is 0 Å². The van der Waals surface area contributed by atoms with E-state index in [1.165, 1.54) is 13.1 Å². The summed E-state index contributed by atoms with van der Waals surface area (Å²) in [7, 11) is 3.13. The zero-order chi connectivity index (χ0) is 20.0. The van der Waals surface area contributed by atoms with Gasteiger partial charge in [-0.3, -0.25) is 4.79 Å². The number of nitrogens with one attached hydrogen (secondary N) is 1. The summed E-state index contributed by atoms with van der Waals surface area (Å²) in [6.45, 7) is 5.75. The van der Waals surface area contributed by atoms with Crippen molar-refractivity contribution in [1.29, 1.82) is 0 Å². The van der Waals surface area contributed by atoms with Crippen molar-refractivity contribution in [2.75, 3.05) is 20.8 Å². The number of esters is 1. The molecule has 1 aromatic carbocycles. The second-order valence-electron chi connectivity index (χ2n) is 7.17. The highest BCUT2D eigenvalue weighted by atomic mass is 16.6. The van der Waals surface area contributed by atoms with Crippen LogP contribution in [0.3, 0.4) is 0 Å². The number of ether oxygens (including phenoxy) is 2. The molecule has 1 unspecified atom stereocenters. The van der Waals surface area contributed by atoms with Crippen LogP contribution in [0.5, 0.6) is 0 Å². The summed E-state index contributed by atoms with van der Waals surface area (Å²) in [5.74, 6) is -1.09. The molecule has 0 bridgehead atoms. The van der Waals surface area contributed by atoms with Gasteiger partial charge in [0.05, 0.1) is 17.9 Å². The van der Waals surface area contributed by atoms with E-state index in [0.717, 1.165) is 5.56 Å². The Bertz CT molecular complexity index is 798. The molecule has 1 amide bonds. The normalized spacial score (nSPS) is 12.3. The number of nitrogens with zero attached hydrogens (tertiary/aromatic N) is 1. The molecule has 1 N–H and O–H groups in total. The van der Waals surface area contributed by atoms with E-state index in [9.17, 15) is 9.59 Å². The Morgan fingerprint density at radius 1 is 1.15 bits per heavy atom. The number of carbonyl (C=O) groups is 2. The van der Waals surface area contributed by atoms with E-state index in [1.54, 1.807) is 33.9 Å². The number of rotatable bonds is 6. The molecule has 2 rings (SSSR count). The lowest BCUT2D eigenvalue weighted by Gasteiger charge is -2.21. The van der Waals surface area contributed by atoms with Crippen LogP contribution in [0.25, 0.3) is 0 Å². The Labute approximate surface area is 159 Å². The molecule has 0 aliphatic rings. The molecule has 27 heavy (non-hydrogen) atoms. The maximum absolute atomic E-state index is 12.6. The van der Waals surface area contributed by atoms with Gasteiger partial charge in [0.1, 0.15) is 11.3 Å². The van der Waals surface area contributed by atoms with Crippen LogP contribution in [-0.2, 0) is 9.47 Å². The molecule has 1 heterocycles. The topological polar surface area (TPSA) is 77.5 Å². The van der Waals surface area contributed by atoms with Crippen LogP contribution < -0.4 is 5.32 Å². The minimum Gasteiger partial charge on any atom is -0.456 e. The Morgan fingerprint density at radius 3 is 2.37 bits per heavy atom. The van der Waals surface area contributed by atoms with Gasteiger partial charge in [0.2, 0.25) is 0 Å². The van der Waals surface area contributed by atoms with E-state index >= 15 is 0 Å². The average molecular weight is 370 g/mol. The van der Waals surface area contributed by atoms with Gasteiger partial charge in [-0.05, 0) is 38.5 Å². The van der Waals surface area contributed by atoms with E-state index in [1.807, 2.05) is 30.3 Å². The van der Waals surface area contributed by atoms with Gasteiger partial charge >= 0.3 is 5.97 Å².